The van der Waals surface area contributed by atoms with Crippen LogP contribution in [0.3, 0.4) is 0 Å². The lowest BCUT2D eigenvalue weighted by Gasteiger charge is -2.22. The van der Waals surface area contributed by atoms with Gasteiger partial charge in [0, 0.05) is 11.1 Å². The van der Waals surface area contributed by atoms with Gasteiger partial charge in [-0.05, 0) is 48.4 Å². The molecule has 3 aromatic carbocycles. The molecule has 0 amide bonds. The molecule has 11 heteroatoms. The van der Waals surface area contributed by atoms with Gasteiger partial charge in [0.2, 0.25) is 5.82 Å². The third-order valence-electron chi connectivity index (χ3n) is 5.41. The highest BCUT2D eigenvalue weighted by Gasteiger charge is 2.16. The van der Waals surface area contributed by atoms with Crippen LogP contribution in [0.15, 0.2) is 65.6 Å². The lowest BCUT2D eigenvalue weighted by molar-refractivity contribution is 0.101. The van der Waals surface area contributed by atoms with Gasteiger partial charge in [0.15, 0.2) is 5.78 Å². The van der Waals surface area contributed by atoms with Crippen LogP contribution in [0, 0.1) is 0 Å². The van der Waals surface area contributed by atoms with E-state index in [2.05, 4.69) is 25.3 Å². The molecule has 2 N–H and O–H groups in total. The van der Waals surface area contributed by atoms with E-state index in [0.29, 0.717) is 29.1 Å². The normalized spacial score (nSPS) is 11.3. The number of aromatic hydroxyl groups is 1. The highest BCUT2D eigenvalue weighted by atomic mass is 32.2. The van der Waals surface area contributed by atoms with Crippen LogP contribution in [0.2, 0.25) is 0 Å². The second-order valence-corrected chi connectivity index (χ2v) is 9.63. The minimum absolute atomic E-state index is 0.0336. The second-order valence-electron chi connectivity index (χ2n) is 8.03. The van der Waals surface area contributed by atoms with E-state index in [1.165, 1.54) is 25.1 Å². The van der Waals surface area contributed by atoms with E-state index in [1.54, 1.807) is 42.5 Å². The Morgan fingerprint density at radius 1 is 1.11 bits per heavy atom. The third kappa shape index (κ3) is 5.52. The van der Waals surface area contributed by atoms with Gasteiger partial charge in [-0.15, -0.1) is 15.9 Å². The summed E-state index contributed by atoms with van der Waals surface area (Å²) < 4.78 is 35.5. The topological polar surface area (TPSA) is 149 Å². The molecule has 0 atom stereocenters. The summed E-state index contributed by atoms with van der Waals surface area (Å²) in [5.41, 5.74) is 2.38. The van der Waals surface area contributed by atoms with E-state index in [4.69, 9.17) is 4.74 Å². The number of hydrogen-bond acceptors (Lipinski definition) is 8. The molecule has 0 aliphatic heterocycles. The number of hydrogen-bond donors (Lipinski definition) is 2. The summed E-state index contributed by atoms with van der Waals surface area (Å²) in [4.78, 5) is 11.8. The Labute approximate surface area is 208 Å². The van der Waals surface area contributed by atoms with E-state index >= 15 is 0 Å². The first-order valence-electron chi connectivity index (χ1n) is 11.2. The van der Waals surface area contributed by atoms with E-state index in [9.17, 15) is 18.3 Å². The van der Waals surface area contributed by atoms with Gasteiger partial charge in [-0.3, -0.25) is 4.79 Å². The monoisotopic (exact) mass is 506 g/mol. The molecule has 4 rings (SSSR count). The molecular weight excluding hydrogens is 482 g/mol. The van der Waals surface area contributed by atoms with Crippen molar-refractivity contribution >= 4 is 21.5 Å². The molecule has 4 aromatic rings. The fourth-order valence-corrected chi connectivity index (χ4v) is 4.60. The number of sulfonamides is 1. The van der Waals surface area contributed by atoms with Gasteiger partial charge in [0.25, 0.3) is 0 Å². The predicted molar refractivity (Wildman–Crippen MR) is 133 cm³/mol. The number of Topliss-reactive ketones (excluding diaryl/α,β-unsaturated/α-hetero) is 1. The summed E-state index contributed by atoms with van der Waals surface area (Å²) in [5, 5.41) is 24.1. The first-order valence-corrected chi connectivity index (χ1v) is 12.6. The lowest BCUT2D eigenvalue weighted by Crippen LogP contribution is -2.03. The van der Waals surface area contributed by atoms with Crippen molar-refractivity contribution in [3.8, 4) is 22.9 Å². The first-order chi connectivity index (χ1) is 17.3. The number of H-pyrrole nitrogens is 1. The standard InChI is InChI=1S/C25H24N5O5S/c1-3-5-22-23(13-12-21(16(2)31)24(22)32)35-15-17-8-10-20(11-9-17)36(33,34)28-19-7-4-6-18(14-19)25-26-29-30-27-25/h4,6-14H,3,5,15H2,1-2H3,(H,31,32)(H,26,27,29,30)/q-1. The van der Waals surface area contributed by atoms with Gasteiger partial charge < -0.3 is 14.6 Å². The van der Waals surface area contributed by atoms with Gasteiger partial charge >= 0.3 is 0 Å². The number of phenolic OH excluding ortho intramolecular Hbond substituents is 1. The number of carbonyl (C=O) groups excluding carboxylic acids is 1. The maximum absolute atomic E-state index is 12.8. The van der Waals surface area contributed by atoms with Crippen molar-refractivity contribution in [1.82, 2.24) is 20.6 Å². The fourth-order valence-electron chi connectivity index (χ4n) is 3.62. The Kier molecular flexibility index (Phi) is 7.30. The maximum atomic E-state index is 12.8. The van der Waals surface area contributed by atoms with Crippen LogP contribution in [-0.4, -0.2) is 39.9 Å². The summed E-state index contributed by atoms with van der Waals surface area (Å²) >= 11 is 0. The molecule has 0 saturated heterocycles. The number of aromatic nitrogens is 4. The molecule has 0 radical (unpaired) electrons. The average molecular weight is 507 g/mol. The number of benzene rings is 3. The number of ether oxygens (including phenoxy) is 1. The maximum Gasteiger partial charge on any atom is 0.204 e. The minimum Gasteiger partial charge on any atom is -0.573 e. The third-order valence-corrected chi connectivity index (χ3v) is 6.73. The molecule has 36 heavy (non-hydrogen) atoms. The van der Waals surface area contributed by atoms with Gasteiger partial charge in [-0.1, -0.05) is 49.7 Å². The molecule has 0 saturated carbocycles. The Hall–Kier alpha value is -4.25. The van der Waals surface area contributed by atoms with Crippen molar-refractivity contribution in [2.45, 2.75) is 38.2 Å². The number of tetrazole rings is 1. The van der Waals surface area contributed by atoms with E-state index in [0.717, 1.165) is 12.0 Å². The number of nitrogens with one attached hydrogen (secondary N) is 1. The van der Waals surface area contributed by atoms with Gasteiger partial charge in [-0.25, -0.2) is 8.42 Å². The summed E-state index contributed by atoms with van der Waals surface area (Å²) in [6.07, 6.45) is 1.31. The number of aromatic amines is 1. The highest BCUT2D eigenvalue weighted by molar-refractivity contribution is 7.94. The molecule has 1 heterocycles. The number of carbonyl (C=O) groups is 1. The Morgan fingerprint density at radius 3 is 2.56 bits per heavy atom. The summed E-state index contributed by atoms with van der Waals surface area (Å²) in [7, 11) is -3.96. The van der Waals surface area contributed by atoms with Crippen molar-refractivity contribution in [1.29, 1.82) is 0 Å². The Morgan fingerprint density at radius 2 is 1.89 bits per heavy atom. The van der Waals surface area contributed by atoms with Crippen LogP contribution in [0.25, 0.3) is 16.1 Å². The smallest absolute Gasteiger partial charge is 0.204 e. The summed E-state index contributed by atoms with van der Waals surface area (Å²) in [6, 6.07) is 15.9. The van der Waals surface area contributed by atoms with E-state index in [1.807, 2.05) is 6.92 Å². The lowest BCUT2D eigenvalue weighted by atomic mass is 10.0. The predicted octanol–water partition coefficient (Wildman–Crippen LogP) is 4.70. The Bertz CT molecular complexity index is 1470. The van der Waals surface area contributed by atoms with Crippen LogP contribution < -0.4 is 4.74 Å². The Balaban J connectivity index is 1.46. The SMILES string of the molecule is CCCc1c(OCc2ccc(S(=O)(=O)[N-]c3cccc(-c4nn[nH]n4)c3)cc2)ccc(C(C)=O)c1O. The first kappa shape index (κ1) is 24.9. The molecule has 0 fully saturated rings. The van der Waals surface area contributed by atoms with Crippen molar-refractivity contribution in [3.05, 3.63) is 82.1 Å². The minimum atomic E-state index is -3.96. The molecule has 0 bridgehead atoms. The number of nitrogens with zero attached hydrogens (tertiary/aromatic N) is 4. The average Bonchev–Trinajstić information content (AvgIpc) is 3.40. The molecule has 0 aliphatic rings. The van der Waals surface area contributed by atoms with Crippen LogP contribution in [0.4, 0.5) is 5.69 Å². The quantitative estimate of drug-likeness (QED) is 0.294. The molecule has 186 valence electrons. The van der Waals surface area contributed by atoms with Crippen molar-refractivity contribution in [3.63, 3.8) is 0 Å². The van der Waals surface area contributed by atoms with Crippen LogP contribution in [-0.2, 0) is 23.1 Å². The van der Waals surface area contributed by atoms with Crippen LogP contribution in [0.1, 0.15) is 41.8 Å². The molecule has 0 unspecified atom stereocenters. The van der Waals surface area contributed by atoms with Crippen LogP contribution in [0.5, 0.6) is 11.5 Å². The van der Waals surface area contributed by atoms with Gasteiger partial charge in [0.05, 0.1) is 10.5 Å². The molecular formula is C25H24N5O5S-. The van der Waals surface area contributed by atoms with Gasteiger partial charge in [0.1, 0.15) is 28.1 Å². The van der Waals surface area contributed by atoms with E-state index < -0.39 is 10.0 Å². The van der Waals surface area contributed by atoms with Crippen molar-refractivity contribution in [2.75, 3.05) is 0 Å². The zero-order valence-electron chi connectivity index (χ0n) is 19.7. The van der Waals surface area contributed by atoms with E-state index in [-0.39, 0.29) is 34.3 Å². The van der Waals surface area contributed by atoms with Crippen molar-refractivity contribution < 1.29 is 23.1 Å². The number of ketones is 1. The number of phenols is 1. The molecule has 1 aromatic heterocycles. The summed E-state index contributed by atoms with van der Waals surface area (Å²) in [6.45, 7) is 3.52. The fraction of sp³-hybridized carbons (Fsp3) is 0.200. The van der Waals surface area contributed by atoms with Crippen LogP contribution >= 0.6 is 0 Å². The molecule has 0 aliphatic carbocycles. The second kappa shape index (κ2) is 10.6. The largest absolute Gasteiger partial charge is 0.573 e. The number of rotatable bonds is 10. The van der Waals surface area contributed by atoms with Crippen molar-refractivity contribution in [2.24, 2.45) is 0 Å². The molecule has 0 spiro atoms. The zero-order chi connectivity index (χ0) is 25.7. The zero-order valence-corrected chi connectivity index (χ0v) is 20.5. The summed E-state index contributed by atoms with van der Waals surface area (Å²) in [5.74, 6) is 0.529. The van der Waals surface area contributed by atoms with Gasteiger partial charge in [-0.2, -0.15) is 5.21 Å². The molecule has 10 nitrogen and oxygen atoms in total. The highest BCUT2D eigenvalue weighted by Crippen LogP contribution is 2.34.